The van der Waals surface area contributed by atoms with Gasteiger partial charge in [0, 0.05) is 10.7 Å². The zero-order chi connectivity index (χ0) is 13.4. The van der Waals surface area contributed by atoms with Gasteiger partial charge in [-0.1, -0.05) is 17.7 Å². The summed E-state index contributed by atoms with van der Waals surface area (Å²) < 4.78 is 1.88. The summed E-state index contributed by atoms with van der Waals surface area (Å²) in [4.78, 5) is 0. The molecule has 1 aromatic heterocycles. The number of halogens is 1. The summed E-state index contributed by atoms with van der Waals surface area (Å²) in [6, 6.07) is 5.60. The van der Waals surface area contributed by atoms with E-state index in [2.05, 4.69) is 12.0 Å². The van der Waals surface area contributed by atoms with Crippen molar-refractivity contribution in [3.8, 4) is 5.69 Å². The van der Waals surface area contributed by atoms with Gasteiger partial charge in [0.05, 0.1) is 17.5 Å². The fourth-order valence-corrected chi connectivity index (χ4v) is 2.29. The Kier molecular flexibility index (Phi) is 3.46. The van der Waals surface area contributed by atoms with Crippen LogP contribution < -0.4 is 0 Å². The second-order valence-corrected chi connectivity index (χ2v) is 5.00. The van der Waals surface area contributed by atoms with Crippen molar-refractivity contribution in [1.29, 1.82) is 0 Å². The van der Waals surface area contributed by atoms with E-state index in [1.807, 2.05) is 36.7 Å². The van der Waals surface area contributed by atoms with E-state index in [9.17, 15) is 5.11 Å². The first-order chi connectivity index (χ1) is 8.41. The van der Waals surface area contributed by atoms with Crippen LogP contribution in [0, 0.1) is 20.8 Å². The van der Waals surface area contributed by atoms with Crippen molar-refractivity contribution in [1.82, 2.24) is 9.78 Å². The lowest BCUT2D eigenvalue weighted by Crippen LogP contribution is -2.01. The van der Waals surface area contributed by atoms with Crippen LogP contribution in [-0.4, -0.2) is 14.9 Å². The molecule has 4 heteroatoms. The van der Waals surface area contributed by atoms with Crippen LogP contribution in [0.25, 0.3) is 5.69 Å². The van der Waals surface area contributed by atoms with Gasteiger partial charge in [-0.15, -0.1) is 0 Å². The Morgan fingerprint density at radius 3 is 2.39 bits per heavy atom. The Labute approximate surface area is 112 Å². The summed E-state index contributed by atoms with van der Waals surface area (Å²) in [7, 11) is 0. The molecule has 0 saturated heterocycles. The fraction of sp³-hybridized carbons (Fsp3) is 0.357. The molecule has 3 nitrogen and oxygen atoms in total. The predicted octanol–water partition coefficient (Wildman–Crippen LogP) is 3.50. The van der Waals surface area contributed by atoms with E-state index < -0.39 is 6.10 Å². The normalized spacial score (nSPS) is 12.8. The van der Waals surface area contributed by atoms with E-state index >= 15 is 0 Å². The SMILES string of the molecule is Cc1nn(-c2ccc(C(C)O)c(Cl)c2)c(C)c1C. The molecule has 1 aromatic carbocycles. The molecule has 0 aliphatic carbocycles. The van der Waals surface area contributed by atoms with Gasteiger partial charge in [0.1, 0.15) is 0 Å². The van der Waals surface area contributed by atoms with E-state index in [4.69, 9.17) is 11.6 Å². The smallest absolute Gasteiger partial charge is 0.0776 e. The van der Waals surface area contributed by atoms with E-state index in [-0.39, 0.29) is 0 Å². The van der Waals surface area contributed by atoms with Crippen LogP contribution >= 0.6 is 11.6 Å². The first-order valence-electron chi connectivity index (χ1n) is 5.92. The highest BCUT2D eigenvalue weighted by Crippen LogP contribution is 2.26. The molecule has 1 heterocycles. The highest BCUT2D eigenvalue weighted by atomic mass is 35.5. The van der Waals surface area contributed by atoms with Gasteiger partial charge < -0.3 is 5.11 Å². The Morgan fingerprint density at radius 2 is 1.94 bits per heavy atom. The average Bonchev–Trinajstić information content (AvgIpc) is 2.56. The third kappa shape index (κ3) is 2.16. The van der Waals surface area contributed by atoms with Crippen LogP contribution in [0.1, 0.15) is 35.5 Å². The number of nitrogens with zero attached hydrogens (tertiary/aromatic N) is 2. The molecule has 96 valence electrons. The molecule has 0 fully saturated rings. The van der Waals surface area contributed by atoms with Crippen LogP contribution in [0.3, 0.4) is 0 Å². The summed E-state index contributed by atoms with van der Waals surface area (Å²) >= 11 is 6.17. The zero-order valence-corrected chi connectivity index (χ0v) is 11.8. The van der Waals surface area contributed by atoms with E-state index in [0.29, 0.717) is 5.02 Å². The van der Waals surface area contributed by atoms with Crippen molar-refractivity contribution in [3.05, 3.63) is 45.7 Å². The Bertz CT molecular complexity index is 588. The highest BCUT2D eigenvalue weighted by Gasteiger charge is 2.12. The quantitative estimate of drug-likeness (QED) is 0.901. The average molecular weight is 265 g/mol. The minimum Gasteiger partial charge on any atom is -0.389 e. The number of rotatable bonds is 2. The van der Waals surface area contributed by atoms with Crippen LogP contribution in [0.5, 0.6) is 0 Å². The number of aromatic nitrogens is 2. The second kappa shape index (κ2) is 4.75. The molecule has 2 aromatic rings. The van der Waals surface area contributed by atoms with E-state index in [1.165, 1.54) is 5.56 Å². The number of hydrogen-bond acceptors (Lipinski definition) is 2. The van der Waals surface area contributed by atoms with Gasteiger partial charge in [-0.3, -0.25) is 0 Å². The van der Waals surface area contributed by atoms with Crippen molar-refractivity contribution in [3.63, 3.8) is 0 Å². The van der Waals surface area contributed by atoms with Crippen LogP contribution in [0.15, 0.2) is 18.2 Å². The second-order valence-electron chi connectivity index (χ2n) is 4.59. The molecule has 0 bridgehead atoms. The van der Waals surface area contributed by atoms with Gasteiger partial charge in [0.2, 0.25) is 0 Å². The standard InChI is InChI=1S/C14H17ClN2O/c1-8-9(2)16-17(10(8)3)12-5-6-13(11(4)18)14(15)7-12/h5-7,11,18H,1-4H3. The molecule has 0 amide bonds. The van der Waals surface area contributed by atoms with E-state index in [0.717, 1.165) is 22.6 Å². The van der Waals surface area contributed by atoms with Gasteiger partial charge in [0.15, 0.2) is 0 Å². The summed E-state index contributed by atoms with van der Waals surface area (Å²) in [5, 5.41) is 14.6. The number of aliphatic hydroxyl groups is 1. The maximum Gasteiger partial charge on any atom is 0.0776 e. The van der Waals surface area contributed by atoms with Gasteiger partial charge in [0.25, 0.3) is 0 Å². The molecule has 18 heavy (non-hydrogen) atoms. The molecule has 0 saturated carbocycles. The zero-order valence-electron chi connectivity index (χ0n) is 11.0. The molecule has 0 aliphatic rings. The Morgan fingerprint density at radius 1 is 1.28 bits per heavy atom. The first-order valence-corrected chi connectivity index (χ1v) is 6.30. The van der Waals surface area contributed by atoms with Crippen LogP contribution in [-0.2, 0) is 0 Å². The van der Waals surface area contributed by atoms with Gasteiger partial charge >= 0.3 is 0 Å². The van der Waals surface area contributed by atoms with Crippen molar-refractivity contribution in [2.75, 3.05) is 0 Å². The Hall–Kier alpha value is -1.32. The third-order valence-electron chi connectivity index (χ3n) is 3.33. The van der Waals surface area contributed by atoms with Gasteiger partial charge in [-0.05, 0) is 51.0 Å². The monoisotopic (exact) mass is 264 g/mol. The number of benzene rings is 1. The molecule has 0 aliphatic heterocycles. The largest absolute Gasteiger partial charge is 0.389 e. The van der Waals surface area contributed by atoms with Crippen molar-refractivity contribution in [2.45, 2.75) is 33.8 Å². The molecule has 1 atom stereocenters. The Balaban J connectivity index is 2.52. The number of aryl methyl sites for hydroxylation is 1. The van der Waals surface area contributed by atoms with Crippen molar-refractivity contribution in [2.24, 2.45) is 0 Å². The first kappa shape index (κ1) is 13.1. The molecular weight excluding hydrogens is 248 g/mol. The molecule has 0 spiro atoms. The van der Waals surface area contributed by atoms with Crippen molar-refractivity contribution < 1.29 is 5.11 Å². The van der Waals surface area contributed by atoms with Crippen LogP contribution in [0.2, 0.25) is 5.02 Å². The number of aliphatic hydroxyl groups excluding tert-OH is 1. The lowest BCUT2D eigenvalue weighted by molar-refractivity contribution is 0.199. The van der Waals surface area contributed by atoms with Crippen molar-refractivity contribution >= 4 is 11.6 Å². The summed E-state index contributed by atoms with van der Waals surface area (Å²) in [6.07, 6.45) is -0.561. The minimum absolute atomic E-state index is 0.561. The number of hydrogen-bond donors (Lipinski definition) is 1. The maximum atomic E-state index is 9.56. The minimum atomic E-state index is -0.561. The molecule has 0 radical (unpaired) electrons. The molecule has 2 rings (SSSR count). The molecule has 1 N–H and O–H groups in total. The predicted molar refractivity (Wildman–Crippen MR) is 73.4 cm³/mol. The molecule has 1 unspecified atom stereocenters. The van der Waals surface area contributed by atoms with Crippen LogP contribution in [0.4, 0.5) is 0 Å². The van der Waals surface area contributed by atoms with E-state index in [1.54, 1.807) is 6.92 Å². The lowest BCUT2D eigenvalue weighted by Gasteiger charge is -2.10. The fourth-order valence-electron chi connectivity index (χ4n) is 1.96. The summed E-state index contributed by atoms with van der Waals surface area (Å²) in [5.41, 5.74) is 4.96. The molecular formula is C14H17ClN2O. The lowest BCUT2D eigenvalue weighted by atomic mass is 10.1. The summed E-state index contributed by atoms with van der Waals surface area (Å²) in [5.74, 6) is 0. The topological polar surface area (TPSA) is 38.0 Å². The maximum absolute atomic E-state index is 9.56. The van der Waals surface area contributed by atoms with Gasteiger partial charge in [-0.25, -0.2) is 4.68 Å². The third-order valence-corrected chi connectivity index (χ3v) is 3.66. The summed E-state index contributed by atoms with van der Waals surface area (Å²) in [6.45, 7) is 7.78. The van der Waals surface area contributed by atoms with Gasteiger partial charge in [-0.2, -0.15) is 5.10 Å². The highest BCUT2D eigenvalue weighted by molar-refractivity contribution is 6.31.